The van der Waals surface area contributed by atoms with Gasteiger partial charge in [-0.05, 0) is 19.9 Å². The summed E-state index contributed by atoms with van der Waals surface area (Å²) >= 11 is 0. The van der Waals surface area contributed by atoms with Crippen LogP contribution in [0.4, 0.5) is 13.2 Å². The molecule has 0 amide bonds. The first-order valence-corrected chi connectivity index (χ1v) is 4.10. The molecule has 0 radical (unpaired) electrons. The average Bonchev–Trinajstić information content (AvgIpc) is 2.54. The highest BCUT2D eigenvalue weighted by atomic mass is 19.4. The Morgan fingerprint density at radius 1 is 1.36 bits per heavy atom. The van der Waals surface area contributed by atoms with E-state index in [1.54, 1.807) is 0 Å². The molecule has 1 fully saturated rings. The minimum Gasteiger partial charge on any atom is -0.475 e. The zero-order valence-corrected chi connectivity index (χ0v) is 7.76. The van der Waals surface area contributed by atoms with Crippen LogP contribution in [0.1, 0.15) is 12.8 Å². The van der Waals surface area contributed by atoms with Gasteiger partial charge in [0.2, 0.25) is 0 Å². The Labute approximate surface area is 79.7 Å². The Kier molecular flexibility index (Phi) is 5.47. The molecule has 0 unspecified atom stereocenters. The molecule has 0 atom stereocenters. The van der Waals surface area contributed by atoms with Crippen molar-refractivity contribution < 1.29 is 23.1 Å². The normalized spacial score (nSPS) is 17.4. The Morgan fingerprint density at radius 3 is 1.86 bits per heavy atom. The van der Waals surface area contributed by atoms with E-state index in [1.165, 1.54) is 25.9 Å². The summed E-state index contributed by atoms with van der Waals surface area (Å²) in [5.41, 5.74) is 3.10. The van der Waals surface area contributed by atoms with E-state index in [0.29, 0.717) is 0 Å². The second-order valence-corrected chi connectivity index (χ2v) is 2.72. The molecular formula is C7H13F3N2O2. The van der Waals surface area contributed by atoms with Crippen molar-refractivity contribution in [1.29, 1.82) is 0 Å². The Bertz CT molecular complexity index is 178. The van der Waals surface area contributed by atoms with Gasteiger partial charge in [-0.1, -0.05) is 0 Å². The summed E-state index contributed by atoms with van der Waals surface area (Å²) < 4.78 is 31.7. The SMILES string of the molecule is CNN1CCCC1.O=C(O)C(F)(F)F. The summed E-state index contributed by atoms with van der Waals surface area (Å²) in [7, 11) is 1.98. The number of nitrogens with one attached hydrogen (secondary N) is 1. The molecule has 0 aromatic rings. The van der Waals surface area contributed by atoms with E-state index < -0.39 is 12.1 Å². The fourth-order valence-electron chi connectivity index (χ4n) is 0.941. The van der Waals surface area contributed by atoms with Crippen molar-refractivity contribution in [2.45, 2.75) is 19.0 Å². The molecule has 1 rings (SSSR count). The first kappa shape index (κ1) is 13.2. The van der Waals surface area contributed by atoms with Gasteiger partial charge in [-0.25, -0.2) is 9.80 Å². The molecule has 0 bridgehead atoms. The minimum atomic E-state index is -5.08. The maximum atomic E-state index is 10.6. The molecule has 1 aliphatic heterocycles. The Morgan fingerprint density at radius 2 is 1.71 bits per heavy atom. The van der Waals surface area contributed by atoms with E-state index in [4.69, 9.17) is 9.90 Å². The summed E-state index contributed by atoms with van der Waals surface area (Å²) in [6.45, 7) is 2.47. The van der Waals surface area contributed by atoms with Crippen LogP contribution in [0.5, 0.6) is 0 Å². The molecule has 0 saturated carbocycles. The summed E-state index contributed by atoms with van der Waals surface area (Å²) in [4.78, 5) is 8.90. The van der Waals surface area contributed by atoms with Crippen LogP contribution in [0, 0.1) is 0 Å². The second-order valence-electron chi connectivity index (χ2n) is 2.72. The largest absolute Gasteiger partial charge is 0.490 e. The van der Waals surface area contributed by atoms with E-state index >= 15 is 0 Å². The topological polar surface area (TPSA) is 52.6 Å². The molecule has 1 aliphatic rings. The summed E-state index contributed by atoms with van der Waals surface area (Å²) in [6, 6.07) is 0. The minimum absolute atomic E-state index is 1.23. The van der Waals surface area contributed by atoms with Gasteiger partial charge in [0.05, 0.1) is 0 Å². The van der Waals surface area contributed by atoms with Gasteiger partial charge in [-0.2, -0.15) is 13.2 Å². The van der Waals surface area contributed by atoms with Crippen molar-refractivity contribution in [3.63, 3.8) is 0 Å². The fraction of sp³-hybridized carbons (Fsp3) is 0.857. The number of halogens is 3. The van der Waals surface area contributed by atoms with Gasteiger partial charge in [-0.3, -0.25) is 5.43 Å². The average molecular weight is 214 g/mol. The Hall–Kier alpha value is -0.820. The van der Waals surface area contributed by atoms with Gasteiger partial charge >= 0.3 is 12.1 Å². The maximum Gasteiger partial charge on any atom is 0.490 e. The predicted octanol–water partition coefficient (Wildman–Crippen LogP) is 0.850. The molecule has 0 spiro atoms. The van der Waals surface area contributed by atoms with Crippen LogP contribution in [0.2, 0.25) is 0 Å². The number of carboxylic acid groups (broad SMARTS) is 1. The van der Waals surface area contributed by atoms with Gasteiger partial charge in [0.15, 0.2) is 0 Å². The molecule has 84 valence electrons. The van der Waals surface area contributed by atoms with Crippen molar-refractivity contribution in [2.75, 3.05) is 20.1 Å². The number of carboxylic acids is 1. The van der Waals surface area contributed by atoms with E-state index in [2.05, 4.69) is 10.4 Å². The second kappa shape index (κ2) is 5.82. The Balaban J connectivity index is 0.000000241. The number of hydrogen-bond donors (Lipinski definition) is 2. The fourth-order valence-corrected chi connectivity index (χ4v) is 0.941. The predicted molar refractivity (Wildman–Crippen MR) is 43.6 cm³/mol. The molecule has 1 heterocycles. The molecule has 4 nitrogen and oxygen atoms in total. The number of carbonyl (C=O) groups is 1. The zero-order chi connectivity index (χ0) is 11.2. The lowest BCUT2D eigenvalue weighted by atomic mass is 10.4. The standard InChI is InChI=1S/C5H12N2.C2HF3O2/c1-6-7-4-2-3-5-7;3-2(4,5)1(6)7/h6H,2-5H2,1H3;(H,6,7). The molecule has 0 aromatic carbocycles. The smallest absolute Gasteiger partial charge is 0.475 e. The van der Waals surface area contributed by atoms with Crippen LogP contribution >= 0.6 is 0 Å². The number of nitrogens with zero attached hydrogens (tertiary/aromatic N) is 1. The quantitative estimate of drug-likeness (QED) is 0.679. The lowest BCUT2D eigenvalue weighted by Gasteiger charge is -2.10. The molecule has 0 aromatic heterocycles. The zero-order valence-electron chi connectivity index (χ0n) is 7.76. The van der Waals surface area contributed by atoms with Crippen molar-refractivity contribution in [1.82, 2.24) is 10.4 Å². The summed E-state index contributed by atoms with van der Waals surface area (Å²) in [6.07, 6.45) is -2.36. The van der Waals surface area contributed by atoms with E-state index in [0.717, 1.165) is 0 Å². The van der Waals surface area contributed by atoms with Gasteiger partial charge in [0.1, 0.15) is 0 Å². The van der Waals surface area contributed by atoms with Gasteiger partial charge in [0, 0.05) is 13.1 Å². The number of aliphatic carboxylic acids is 1. The van der Waals surface area contributed by atoms with Crippen molar-refractivity contribution in [3.05, 3.63) is 0 Å². The van der Waals surface area contributed by atoms with Crippen LogP contribution in [0.15, 0.2) is 0 Å². The lowest BCUT2D eigenvalue weighted by Crippen LogP contribution is -2.31. The lowest BCUT2D eigenvalue weighted by molar-refractivity contribution is -0.192. The van der Waals surface area contributed by atoms with Crippen LogP contribution in [-0.2, 0) is 4.79 Å². The third kappa shape index (κ3) is 5.76. The third-order valence-electron chi connectivity index (χ3n) is 1.66. The van der Waals surface area contributed by atoms with Crippen molar-refractivity contribution >= 4 is 5.97 Å². The van der Waals surface area contributed by atoms with E-state index in [-0.39, 0.29) is 0 Å². The third-order valence-corrected chi connectivity index (χ3v) is 1.66. The van der Waals surface area contributed by atoms with Crippen LogP contribution < -0.4 is 5.43 Å². The van der Waals surface area contributed by atoms with E-state index in [9.17, 15) is 13.2 Å². The number of rotatable bonds is 1. The van der Waals surface area contributed by atoms with Crippen molar-refractivity contribution in [3.8, 4) is 0 Å². The number of alkyl halides is 3. The molecule has 7 heteroatoms. The highest BCUT2D eigenvalue weighted by molar-refractivity contribution is 5.73. The van der Waals surface area contributed by atoms with Crippen LogP contribution in [-0.4, -0.2) is 42.4 Å². The maximum absolute atomic E-state index is 10.6. The van der Waals surface area contributed by atoms with E-state index in [1.807, 2.05) is 7.05 Å². The summed E-state index contributed by atoms with van der Waals surface area (Å²) in [5.74, 6) is -2.76. The van der Waals surface area contributed by atoms with Crippen LogP contribution in [0.25, 0.3) is 0 Å². The van der Waals surface area contributed by atoms with Gasteiger partial charge in [0.25, 0.3) is 0 Å². The molecular weight excluding hydrogens is 201 g/mol. The van der Waals surface area contributed by atoms with Gasteiger partial charge in [-0.15, -0.1) is 0 Å². The number of hydrazine groups is 1. The molecule has 0 aliphatic carbocycles. The number of hydrogen-bond acceptors (Lipinski definition) is 3. The van der Waals surface area contributed by atoms with Gasteiger partial charge < -0.3 is 5.11 Å². The highest BCUT2D eigenvalue weighted by Gasteiger charge is 2.38. The highest BCUT2D eigenvalue weighted by Crippen LogP contribution is 2.13. The first-order valence-electron chi connectivity index (χ1n) is 4.10. The first-order chi connectivity index (χ1) is 6.38. The monoisotopic (exact) mass is 214 g/mol. The summed E-state index contributed by atoms with van der Waals surface area (Å²) in [5, 5.41) is 9.36. The van der Waals surface area contributed by atoms with Crippen molar-refractivity contribution in [2.24, 2.45) is 0 Å². The van der Waals surface area contributed by atoms with Crippen LogP contribution in [0.3, 0.4) is 0 Å². The molecule has 14 heavy (non-hydrogen) atoms. The molecule has 1 saturated heterocycles. The molecule has 2 N–H and O–H groups in total.